The van der Waals surface area contributed by atoms with Crippen LogP contribution in [0.4, 0.5) is 0 Å². The first-order valence-corrected chi connectivity index (χ1v) is 7.33. The number of likely N-dealkylation sites (tertiary alicyclic amines) is 1. The smallest absolute Gasteiger partial charge is 0.0587 e. The molecule has 0 spiro atoms. The van der Waals surface area contributed by atoms with Gasteiger partial charge < -0.3 is 10.2 Å². The van der Waals surface area contributed by atoms with E-state index in [4.69, 9.17) is 5.11 Å². The Morgan fingerprint density at radius 1 is 1.11 bits per heavy atom. The molecule has 1 unspecified atom stereocenters. The third-order valence-electron chi connectivity index (χ3n) is 4.21. The number of nitrogens with zero attached hydrogens (tertiary/aromatic N) is 1. The van der Waals surface area contributed by atoms with Gasteiger partial charge in [0.25, 0.3) is 0 Å². The zero-order chi connectivity index (χ0) is 13.5. The van der Waals surface area contributed by atoms with Crippen LogP contribution in [-0.2, 0) is 6.42 Å². The summed E-state index contributed by atoms with van der Waals surface area (Å²) in [6.45, 7) is 2.41. The lowest BCUT2D eigenvalue weighted by atomic mass is 9.89. The van der Waals surface area contributed by atoms with Crippen LogP contribution in [0.25, 0.3) is 0 Å². The number of hydrogen-bond acceptors (Lipinski definition) is 3. The number of hydrogen-bond donors (Lipinski definition) is 2. The first kappa shape index (κ1) is 14.5. The summed E-state index contributed by atoms with van der Waals surface area (Å²) in [7, 11) is 0. The maximum Gasteiger partial charge on any atom is 0.0587 e. The quantitative estimate of drug-likeness (QED) is 0.821. The molecule has 0 saturated carbocycles. The molecule has 3 heteroatoms. The minimum atomic E-state index is 0.141. The van der Waals surface area contributed by atoms with Crippen LogP contribution < -0.4 is 0 Å². The highest BCUT2D eigenvalue weighted by molar-refractivity contribution is 5.15. The Hall–Kier alpha value is -0.900. The fourth-order valence-corrected chi connectivity index (χ4v) is 3.01. The normalized spacial score (nSPS) is 19.5. The number of aliphatic hydroxyl groups is 2. The Kier molecular flexibility index (Phi) is 5.83. The van der Waals surface area contributed by atoms with Gasteiger partial charge in [-0.1, -0.05) is 30.3 Å². The van der Waals surface area contributed by atoms with Crippen molar-refractivity contribution >= 4 is 0 Å². The van der Waals surface area contributed by atoms with Crippen LogP contribution in [0.5, 0.6) is 0 Å². The number of benzene rings is 1. The highest BCUT2D eigenvalue weighted by atomic mass is 16.3. The van der Waals surface area contributed by atoms with Crippen molar-refractivity contribution in [1.29, 1.82) is 0 Å². The Bertz CT molecular complexity index is 347. The van der Waals surface area contributed by atoms with Gasteiger partial charge in [0.2, 0.25) is 0 Å². The summed E-state index contributed by atoms with van der Waals surface area (Å²) >= 11 is 0. The van der Waals surface area contributed by atoms with E-state index >= 15 is 0 Å². The highest BCUT2D eigenvalue weighted by Gasteiger charge is 2.24. The molecule has 1 aliphatic heterocycles. The van der Waals surface area contributed by atoms with Gasteiger partial charge in [-0.15, -0.1) is 0 Å². The van der Waals surface area contributed by atoms with E-state index in [0.29, 0.717) is 6.42 Å². The third kappa shape index (κ3) is 4.30. The summed E-state index contributed by atoms with van der Waals surface area (Å²) in [5.41, 5.74) is 1.43. The molecule has 3 nitrogen and oxygen atoms in total. The van der Waals surface area contributed by atoms with Crippen molar-refractivity contribution in [2.75, 3.05) is 26.3 Å². The molecule has 2 rings (SSSR count). The molecule has 106 valence electrons. The lowest BCUT2D eigenvalue weighted by molar-refractivity contribution is 0.0699. The molecule has 1 atom stereocenters. The molecule has 2 N–H and O–H groups in total. The topological polar surface area (TPSA) is 43.7 Å². The predicted octanol–water partition coefficient (Wildman–Crippen LogP) is 1.68. The summed E-state index contributed by atoms with van der Waals surface area (Å²) in [5.74, 6) is 0.757. The van der Waals surface area contributed by atoms with Gasteiger partial charge >= 0.3 is 0 Å². The molecular weight excluding hydrogens is 238 g/mol. The molecule has 0 aromatic heterocycles. The van der Waals surface area contributed by atoms with Gasteiger partial charge in [0.15, 0.2) is 0 Å². The Balaban J connectivity index is 1.79. The zero-order valence-corrected chi connectivity index (χ0v) is 11.5. The standard InChI is InChI=1S/C16H25NO2/c18-11-8-16(13-19)17-9-6-15(7-10-17)12-14-4-2-1-3-5-14/h1-5,15-16,18-19H,6-13H2. The minimum Gasteiger partial charge on any atom is -0.396 e. The molecule has 0 amide bonds. The number of piperidine rings is 1. The third-order valence-corrected chi connectivity index (χ3v) is 4.21. The van der Waals surface area contributed by atoms with E-state index in [2.05, 4.69) is 35.2 Å². The molecule has 1 saturated heterocycles. The fraction of sp³-hybridized carbons (Fsp3) is 0.625. The summed E-state index contributed by atoms with van der Waals surface area (Å²) in [5, 5.41) is 18.4. The van der Waals surface area contributed by atoms with Gasteiger partial charge in [-0.05, 0) is 50.3 Å². The second kappa shape index (κ2) is 7.63. The summed E-state index contributed by atoms with van der Waals surface area (Å²) in [6, 6.07) is 10.8. The van der Waals surface area contributed by atoms with Crippen LogP contribution >= 0.6 is 0 Å². The Labute approximate surface area is 115 Å². The minimum absolute atomic E-state index is 0.141. The van der Waals surface area contributed by atoms with Gasteiger partial charge in [0, 0.05) is 12.6 Å². The van der Waals surface area contributed by atoms with Gasteiger partial charge in [-0.25, -0.2) is 0 Å². The predicted molar refractivity (Wildman–Crippen MR) is 77.0 cm³/mol. The van der Waals surface area contributed by atoms with Crippen molar-refractivity contribution in [2.24, 2.45) is 5.92 Å². The first-order valence-electron chi connectivity index (χ1n) is 7.33. The van der Waals surface area contributed by atoms with Crippen LogP contribution in [0.3, 0.4) is 0 Å². The van der Waals surface area contributed by atoms with Crippen molar-refractivity contribution in [3.8, 4) is 0 Å². The fourth-order valence-electron chi connectivity index (χ4n) is 3.01. The molecule has 19 heavy (non-hydrogen) atoms. The van der Waals surface area contributed by atoms with E-state index < -0.39 is 0 Å². The molecule has 0 radical (unpaired) electrons. The second-order valence-corrected chi connectivity index (χ2v) is 5.52. The monoisotopic (exact) mass is 263 g/mol. The van der Waals surface area contributed by atoms with Gasteiger partial charge in [0.1, 0.15) is 0 Å². The Morgan fingerprint density at radius 3 is 2.37 bits per heavy atom. The summed E-state index contributed by atoms with van der Waals surface area (Å²) in [4.78, 5) is 2.33. The second-order valence-electron chi connectivity index (χ2n) is 5.52. The van der Waals surface area contributed by atoms with E-state index in [0.717, 1.165) is 19.0 Å². The van der Waals surface area contributed by atoms with Gasteiger partial charge in [0.05, 0.1) is 6.61 Å². The van der Waals surface area contributed by atoms with Crippen molar-refractivity contribution < 1.29 is 10.2 Å². The van der Waals surface area contributed by atoms with Crippen LogP contribution in [0, 0.1) is 5.92 Å². The molecular formula is C16H25NO2. The summed E-state index contributed by atoms with van der Waals surface area (Å²) in [6.07, 6.45) is 4.23. The molecule has 1 heterocycles. The van der Waals surface area contributed by atoms with E-state index in [9.17, 15) is 5.11 Å². The van der Waals surface area contributed by atoms with Gasteiger partial charge in [-0.3, -0.25) is 4.90 Å². The molecule has 1 aromatic rings. The van der Waals surface area contributed by atoms with Crippen LogP contribution in [0.2, 0.25) is 0 Å². The lowest BCUT2D eigenvalue weighted by Crippen LogP contribution is -2.44. The average molecular weight is 263 g/mol. The zero-order valence-electron chi connectivity index (χ0n) is 11.5. The van der Waals surface area contributed by atoms with Crippen molar-refractivity contribution in [1.82, 2.24) is 4.90 Å². The molecule has 1 aliphatic rings. The van der Waals surface area contributed by atoms with E-state index in [-0.39, 0.29) is 19.3 Å². The van der Waals surface area contributed by atoms with Crippen LogP contribution in [-0.4, -0.2) is 47.5 Å². The number of aliphatic hydroxyl groups excluding tert-OH is 2. The average Bonchev–Trinajstić information content (AvgIpc) is 2.47. The van der Waals surface area contributed by atoms with Crippen molar-refractivity contribution in [2.45, 2.75) is 31.7 Å². The largest absolute Gasteiger partial charge is 0.396 e. The maximum atomic E-state index is 9.36. The molecule has 0 aliphatic carbocycles. The van der Waals surface area contributed by atoms with Crippen molar-refractivity contribution in [3.63, 3.8) is 0 Å². The Morgan fingerprint density at radius 2 is 1.79 bits per heavy atom. The van der Waals surface area contributed by atoms with E-state index in [1.807, 2.05) is 0 Å². The summed E-state index contributed by atoms with van der Waals surface area (Å²) < 4.78 is 0. The number of rotatable bonds is 6. The lowest BCUT2D eigenvalue weighted by Gasteiger charge is -2.36. The maximum absolute atomic E-state index is 9.36. The van der Waals surface area contributed by atoms with Crippen LogP contribution in [0.1, 0.15) is 24.8 Å². The van der Waals surface area contributed by atoms with Crippen molar-refractivity contribution in [3.05, 3.63) is 35.9 Å². The molecule has 1 fully saturated rings. The van der Waals surface area contributed by atoms with E-state index in [1.165, 1.54) is 24.8 Å². The van der Waals surface area contributed by atoms with Gasteiger partial charge in [-0.2, -0.15) is 0 Å². The molecule has 0 bridgehead atoms. The van der Waals surface area contributed by atoms with Crippen LogP contribution in [0.15, 0.2) is 30.3 Å². The SMILES string of the molecule is OCCC(CO)N1CCC(Cc2ccccc2)CC1. The van der Waals surface area contributed by atoms with E-state index in [1.54, 1.807) is 0 Å². The first-order chi connectivity index (χ1) is 9.33. The molecule has 1 aromatic carbocycles. The highest BCUT2D eigenvalue weighted by Crippen LogP contribution is 2.23.